The number of nitrogens with two attached hydrogens (primary N) is 2. The van der Waals surface area contributed by atoms with Crippen molar-refractivity contribution in [3.05, 3.63) is 11.4 Å². The molecule has 3 heteroatoms. The number of nitrogens with zero attached hydrogens (tertiary/aromatic N) is 1. The largest absolute Gasteiger partial charge is 0.401 e. The van der Waals surface area contributed by atoms with Crippen LogP contribution in [0.25, 0.3) is 0 Å². The molecule has 0 saturated heterocycles. The van der Waals surface area contributed by atoms with Crippen LogP contribution in [0.5, 0.6) is 0 Å². The lowest BCUT2D eigenvalue weighted by Crippen LogP contribution is -2.35. The fraction of sp³-hybridized carbons (Fsp3) is 0.867. The average molecular weight is 253 g/mol. The SMILES string of the molecule is CC.CC(C)CN(N)/C1=C(\N)CC[C@H]2C[C@H]2CC1. The Kier molecular flexibility index (Phi) is 6.00. The van der Waals surface area contributed by atoms with Crippen LogP contribution in [0.2, 0.25) is 0 Å². The van der Waals surface area contributed by atoms with Gasteiger partial charge in [0.1, 0.15) is 0 Å². The summed E-state index contributed by atoms with van der Waals surface area (Å²) in [4.78, 5) is 0. The predicted molar refractivity (Wildman–Crippen MR) is 78.4 cm³/mol. The van der Waals surface area contributed by atoms with E-state index >= 15 is 0 Å². The molecule has 2 atom stereocenters. The summed E-state index contributed by atoms with van der Waals surface area (Å²) in [6.45, 7) is 9.29. The molecule has 106 valence electrons. The van der Waals surface area contributed by atoms with Gasteiger partial charge in [-0.3, -0.25) is 0 Å². The van der Waals surface area contributed by atoms with E-state index in [9.17, 15) is 0 Å². The summed E-state index contributed by atoms with van der Waals surface area (Å²) in [6.07, 6.45) is 6.11. The lowest BCUT2D eigenvalue weighted by Gasteiger charge is -2.27. The summed E-state index contributed by atoms with van der Waals surface area (Å²) in [5.74, 6) is 8.64. The Bertz CT molecular complexity index is 283. The van der Waals surface area contributed by atoms with Gasteiger partial charge in [0, 0.05) is 17.9 Å². The molecule has 0 bridgehead atoms. The van der Waals surface area contributed by atoms with Gasteiger partial charge in [-0.1, -0.05) is 27.7 Å². The van der Waals surface area contributed by atoms with E-state index < -0.39 is 0 Å². The van der Waals surface area contributed by atoms with Crippen LogP contribution >= 0.6 is 0 Å². The molecule has 2 aliphatic rings. The van der Waals surface area contributed by atoms with Gasteiger partial charge >= 0.3 is 0 Å². The second kappa shape index (κ2) is 7.03. The summed E-state index contributed by atoms with van der Waals surface area (Å²) in [6, 6.07) is 0. The van der Waals surface area contributed by atoms with Crippen LogP contribution in [-0.4, -0.2) is 11.6 Å². The minimum atomic E-state index is 0.587. The molecule has 0 aromatic rings. The van der Waals surface area contributed by atoms with Crippen molar-refractivity contribution in [1.82, 2.24) is 5.01 Å². The zero-order chi connectivity index (χ0) is 13.7. The minimum absolute atomic E-state index is 0.587. The summed E-state index contributed by atoms with van der Waals surface area (Å²) in [5.41, 5.74) is 8.41. The Balaban J connectivity index is 0.000000771. The number of rotatable bonds is 3. The molecule has 1 saturated carbocycles. The zero-order valence-corrected chi connectivity index (χ0v) is 12.6. The summed E-state index contributed by atoms with van der Waals surface area (Å²) < 4.78 is 0. The standard InChI is InChI=1S/C13H25N3.C2H6/c1-9(2)8-16(15)13-6-4-11-7-10(11)3-5-12(13)14;1-2/h9-11H,3-8,14-15H2,1-2H3;1-2H3/b13-12-;/t10-,11+;/m0./s1. The van der Waals surface area contributed by atoms with E-state index in [-0.39, 0.29) is 0 Å². The first-order valence-corrected chi connectivity index (χ1v) is 7.57. The van der Waals surface area contributed by atoms with Crippen molar-refractivity contribution in [2.75, 3.05) is 6.54 Å². The Morgan fingerprint density at radius 1 is 1.17 bits per heavy atom. The third kappa shape index (κ3) is 4.20. The predicted octanol–water partition coefficient (Wildman–Crippen LogP) is 3.22. The van der Waals surface area contributed by atoms with E-state index in [1.807, 2.05) is 18.9 Å². The maximum Gasteiger partial charge on any atom is 0.0478 e. The highest BCUT2D eigenvalue weighted by atomic mass is 15.4. The van der Waals surface area contributed by atoms with Gasteiger partial charge in [0.15, 0.2) is 0 Å². The fourth-order valence-electron chi connectivity index (χ4n) is 2.82. The smallest absolute Gasteiger partial charge is 0.0478 e. The Morgan fingerprint density at radius 2 is 1.72 bits per heavy atom. The highest BCUT2D eigenvalue weighted by Gasteiger charge is 2.37. The van der Waals surface area contributed by atoms with Gasteiger partial charge in [-0.05, 0) is 49.9 Å². The van der Waals surface area contributed by atoms with E-state index in [2.05, 4.69) is 13.8 Å². The number of hydrogen-bond acceptors (Lipinski definition) is 3. The first kappa shape index (κ1) is 15.4. The first-order chi connectivity index (χ1) is 8.58. The highest BCUT2D eigenvalue weighted by Crippen LogP contribution is 2.47. The van der Waals surface area contributed by atoms with Crippen LogP contribution in [0.1, 0.15) is 59.8 Å². The maximum absolute atomic E-state index is 6.16. The van der Waals surface area contributed by atoms with Gasteiger partial charge in [-0.25, -0.2) is 5.84 Å². The summed E-state index contributed by atoms with van der Waals surface area (Å²) >= 11 is 0. The molecule has 2 aliphatic carbocycles. The number of fused-ring (bicyclic) bond motifs is 1. The molecule has 3 nitrogen and oxygen atoms in total. The number of hydrazine groups is 1. The molecule has 0 unspecified atom stereocenters. The van der Waals surface area contributed by atoms with Gasteiger partial charge in [0.05, 0.1) is 0 Å². The van der Waals surface area contributed by atoms with Crippen molar-refractivity contribution in [2.45, 2.75) is 59.8 Å². The van der Waals surface area contributed by atoms with Crippen LogP contribution < -0.4 is 11.6 Å². The maximum atomic E-state index is 6.16. The van der Waals surface area contributed by atoms with Gasteiger partial charge in [0.25, 0.3) is 0 Å². The topological polar surface area (TPSA) is 55.3 Å². The van der Waals surface area contributed by atoms with E-state index in [1.165, 1.54) is 25.0 Å². The highest BCUT2D eigenvalue weighted by molar-refractivity contribution is 5.12. The van der Waals surface area contributed by atoms with Crippen LogP contribution in [0.3, 0.4) is 0 Å². The van der Waals surface area contributed by atoms with Crippen molar-refractivity contribution in [3.63, 3.8) is 0 Å². The average Bonchev–Trinajstić information content (AvgIpc) is 3.04. The van der Waals surface area contributed by atoms with Crippen molar-refractivity contribution < 1.29 is 0 Å². The monoisotopic (exact) mass is 253 g/mol. The molecule has 0 radical (unpaired) electrons. The molecule has 0 amide bonds. The number of allylic oxidation sites excluding steroid dienone is 2. The summed E-state index contributed by atoms with van der Waals surface area (Å²) in [7, 11) is 0. The molecule has 0 aromatic carbocycles. The quantitative estimate of drug-likeness (QED) is 0.600. The second-order valence-electron chi connectivity index (χ2n) is 5.85. The molecule has 0 aliphatic heterocycles. The molecule has 0 aromatic heterocycles. The molecule has 0 spiro atoms. The fourth-order valence-corrected chi connectivity index (χ4v) is 2.82. The first-order valence-electron chi connectivity index (χ1n) is 7.57. The minimum Gasteiger partial charge on any atom is -0.401 e. The van der Waals surface area contributed by atoms with Gasteiger partial charge < -0.3 is 10.7 Å². The molecule has 18 heavy (non-hydrogen) atoms. The third-order valence-electron chi connectivity index (χ3n) is 3.88. The van der Waals surface area contributed by atoms with Crippen LogP contribution in [-0.2, 0) is 0 Å². The normalized spacial score (nSPS) is 30.8. The van der Waals surface area contributed by atoms with Crippen molar-refractivity contribution >= 4 is 0 Å². The number of hydrogen-bond donors (Lipinski definition) is 2. The molecule has 4 N–H and O–H groups in total. The van der Waals surface area contributed by atoms with E-state index in [4.69, 9.17) is 11.6 Å². The second-order valence-corrected chi connectivity index (χ2v) is 5.85. The van der Waals surface area contributed by atoms with E-state index in [0.29, 0.717) is 5.92 Å². The molecule has 0 heterocycles. The zero-order valence-electron chi connectivity index (χ0n) is 12.6. The Morgan fingerprint density at radius 3 is 2.28 bits per heavy atom. The van der Waals surface area contributed by atoms with Crippen LogP contribution in [0.15, 0.2) is 11.4 Å². The van der Waals surface area contributed by atoms with Gasteiger partial charge in [-0.15, -0.1) is 0 Å². The molecular formula is C15H31N3. The van der Waals surface area contributed by atoms with Crippen LogP contribution in [0, 0.1) is 17.8 Å². The lowest BCUT2D eigenvalue weighted by molar-refractivity contribution is 0.293. The Hall–Kier alpha value is -0.700. The van der Waals surface area contributed by atoms with Crippen molar-refractivity contribution in [1.29, 1.82) is 0 Å². The summed E-state index contributed by atoms with van der Waals surface area (Å²) in [5, 5.41) is 1.89. The van der Waals surface area contributed by atoms with Gasteiger partial charge in [-0.2, -0.15) is 0 Å². The lowest BCUT2D eigenvalue weighted by atomic mass is 10.0. The van der Waals surface area contributed by atoms with Crippen LogP contribution in [0.4, 0.5) is 0 Å². The Labute approximate surface area is 113 Å². The molecular weight excluding hydrogens is 222 g/mol. The molecule has 2 rings (SSSR count). The van der Waals surface area contributed by atoms with E-state index in [1.54, 1.807) is 0 Å². The van der Waals surface area contributed by atoms with E-state index in [0.717, 1.165) is 36.9 Å². The third-order valence-corrected chi connectivity index (χ3v) is 3.88. The van der Waals surface area contributed by atoms with Crippen molar-refractivity contribution in [2.24, 2.45) is 29.3 Å². The van der Waals surface area contributed by atoms with Crippen molar-refractivity contribution in [3.8, 4) is 0 Å². The van der Waals surface area contributed by atoms with Gasteiger partial charge in [0.2, 0.25) is 0 Å². The molecule has 1 fully saturated rings.